The minimum atomic E-state index is -0.0582. The second-order valence-electron chi connectivity index (χ2n) is 7.13. The number of amides is 2. The number of methoxy groups -OCH3 is 1. The van der Waals surface area contributed by atoms with E-state index in [1.807, 2.05) is 53.6 Å². The second kappa shape index (κ2) is 10.0. The van der Waals surface area contributed by atoms with E-state index in [4.69, 9.17) is 9.72 Å². The topological polar surface area (TPSA) is 70.6 Å². The quantitative estimate of drug-likeness (QED) is 0.562. The maximum atomic E-state index is 12.7. The zero-order chi connectivity index (χ0) is 21.6. The van der Waals surface area contributed by atoms with E-state index in [1.165, 1.54) is 11.5 Å². The fourth-order valence-electron chi connectivity index (χ4n) is 3.45. The highest BCUT2D eigenvalue weighted by atomic mass is 32.2. The van der Waals surface area contributed by atoms with Gasteiger partial charge in [0.2, 0.25) is 5.13 Å². The van der Waals surface area contributed by atoms with Gasteiger partial charge in [0.25, 0.3) is 0 Å². The van der Waals surface area contributed by atoms with Crippen LogP contribution in [0.1, 0.15) is 11.4 Å². The molecule has 0 unspecified atom stereocenters. The molecule has 2 aromatic carbocycles. The fourth-order valence-corrected chi connectivity index (χ4v) is 4.74. The molecule has 1 aromatic heterocycles. The van der Waals surface area contributed by atoms with Crippen LogP contribution in [-0.4, -0.2) is 59.8 Å². The molecule has 0 spiro atoms. The summed E-state index contributed by atoms with van der Waals surface area (Å²) in [6.07, 6.45) is 2.68. The summed E-state index contributed by atoms with van der Waals surface area (Å²) >= 11 is 3.04. The van der Waals surface area contributed by atoms with Crippen molar-refractivity contribution in [2.45, 2.75) is 11.3 Å². The number of anilines is 2. The number of thioether (sulfide) groups is 1. The molecule has 7 nitrogen and oxygen atoms in total. The first-order chi connectivity index (χ1) is 15.2. The molecule has 31 heavy (non-hydrogen) atoms. The lowest BCUT2D eigenvalue weighted by Crippen LogP contribution is -2.50. The number of benzene rings is 2. The number of aromatic nitrogens is 2. The van der Waals surface area contributed by atoms with Crippen molar-refractivity contribution < 1.29 is 9.53 Å². The third-order valence-electron chi connectivity index (χ3n) is 5.14. The van der Waals surface area contributed by atoms with E-state index in [2.05, 4.69) is 20.7 Å². The Labute approximate surface area is 190 Å². The van der Waals surface area contributed by atoms with Gasteiger partial charge in [-0.25, -0.2) is 9.78 Å². The Hall–Kier alpha value is -2.78. The third-order valence-corrected chi connectivity index (χ3v) is 6.75. The standard InChI is InChI=1S/C22H25N5O2S2/c1-29-17-7-5-6-16(14-17)15-20-24-22(31-25-20)27-12-10-26(11-13-27)21(28)23-18-8-3-4-9-19(18)30-2/h3-9,14H,10-13,15H2,1-2H3,(H,23,28). The summed E-state index contributed by atoms with van der Waals surface area (Å²) in [4.78, 5) is 22.5. The highest BCUT2D eigenvalue weighted by Gasteiger charge is 2.23. The molecule has 162 valence electrons. The number of carbonyl (C=O) groups is 1. The molecule has 1 aliphatic heterocycles. The van der Waals surface area contributed by atoms with Crippen molar-refractivity contribution in [3.63, 3.8) is 0 Å². The molecule has 1 N–H and O–H groups in total. The Balaban J connectivity index is 1.32. The number of nitrogens with zero attached hydrogens (tertiary/aromatic N) is 4. The molecule has 1 aliphatic rings. The molecule has 3 aromatic rings. The molecule has 0 aliphatic carbocycles. The normalized spacial score (nSPS) is 13.9. The maximum Gasteiger partial charge on any atom is 0.321 e. The summed E-state index contributed by atoms with van der Waals surface area (Å²) in [7, 11) is 1.67. The largest absolute Gasteiger partial charge is 0.497 e. The highest BCUT2D eigenvalue weighted by Crippen LogP contribution is 2.25. The maximum absolute atomic E-state index is 12.7. The van der Waals surface area contributed by atoms with Gasteiger partial charge in [-0.15, -0.1) is 11.8 Å². The monoisotopic (exact) mass is 455 g/mol. The number of rotatable bonds is 6. The lowest BCUT2D eigenvalue weighted by Gasteiger charge is -2.34. The molecular formula is C22H25N5O2S2. The van der Waals surface area contributed by atoms with Gasteiger partial charge in [-0.1, -0.05) is 24.3 Å². The predicted octanol–water partition coefficient (Wildman–Crippen LogP) is 4.21. The van der Waals surface area contributed by atoms with Gasteiger partial charge in [0, 0.05) is 49.0 Å². The SMILES string of the molecule is COc1cccc(Cc2nsc(N3CCN(C(=O)Nc4ccccc4SC)CC3)n2)c1. The minimum absolute atomic E-state index is 0.0582. The summed E-state index contributed by atoms with van der Waals surface area (Å²) in [5.74, 6) is 1.64. The second-order valence-corrected chi connectivity index (χ2v) is 8.70. The Morgan fingerprint density at radius 3 is 2.74 bits per heavy atom. The van der Waals surface area contributed by atoms with E-state index in [-0.39, 0.29) is 6.03 Å². The van der Waals surface area contributed by atoms with Gasteiger partial charge in [-0.3, -0.25) is 0 Å². The summed E-state index contributed by atoms with van der Waals surface area (Å²) in [5, 5.41) is 3.95. The number of nitrogens with one attached hydrogen (secondary N) is 1. The van der Waals surface area contributed by atoms with E-state index in [0.717, 1.165) is 45.9 Å². The van der Waals surface area contributed by atoms with Crippen LogP contribution in [0.2, 0.25) is 0 Å². The van der Waals surface area contributed by atoms with E-state index in [9.17, 15) is 4.79 Å². The number of piperazine rings is 1. The van der Waals surface area contributed by atoms with Crippen molar-refractivity contribution in [3.8, 4) is 5.75 Å². The van der Waals surface area contributed by atoms with Gasteiger partial charge in [0.1, 0.15) is 11.6 Å². The van der Waals surface area contributed by atoms with Crippen LogP contribution in [0.5, 0.6) is 5.75 Å². The highest BCUT2D eigenvalue weighted by molar-refractivity contribution is 7.98. The number of hydrogen-bond donors (Lipinski definition) is 1. The van der Waals surface area contributed by atoms with E-state index >= 15 is 0 Å². The first-order valence-electron chi connectivity index (χ1n) is 10.1. The summed E-state index contributed by atoms with van der Waals surface area (Å²) in [6.45, 7) is 2.78. The van der Waals surface area contributed by atoms with E-state index < -0.39 is 0 Å². The average Bonchev–Trinajstić information content (AvgIpc) is 3.28. The van der Waals surface area contributed by atoms with Crippen molar-refractivity contribution in [1.82, 2.24) is 14.3 Å². The van der Waals surface area contributed by atoms with Crippen LogP contribution < -0.4 is 15.0 Å². The first kappa shape index (κ1) is 21.5. The third kappa shape index (κ3) is 5.29. The summed E-state index contributed by atoms with van der Waals surface area (Å²) in [5.41, 5.74) is 1.98. The molecular weight excluding hydrogens is 430 g/mol. The van der Waals surface area contributed by atoms with Crippen molar-refractivity contribution in [2.24, 2.45) is 0 Å². The van der Waals surface area contributed by atoms with Crippen LogP contribution in [0.3, 0.4) is 0 Å². The zero-order valence-electron chi connectivity index (χ0n) is 17.6. The van der Waals surface area contributed by atoms with Crippen molar-refractivity contribution >= 4 is 40.1 Å². The van der Waals surface area contributed by atoms with Crippen LogP contribution in [0.25, 0.3) is 0 Å². The molecule has 9 heteroatoms. The minimum Gasteiger partial charge on any atom is -0.497 e. The van der Waals surface area contributed by atoms with Crippen LogP contribution in [0.4, 0.5) is 15.6 Å². The molecule has 0 radical (unpaired) electrons. The van der Waals surface area contributed by atoms with Crippen LogP contribution in [0.15, 0.2) is 53.4 Å². The molecule has 1 saturated heterocycles. The van der Waals surface area contributed by atoms with E-state index in [0.29, 0.717) is 19.5 Å². The number of para-hydroxylation sites is 1. The Morgan fingerprint density at radius 1 is 1.16 bits per heavy atom. The lowest BCUT2D eigenvalue weighted by atomic mass is 10.1. The van der Waals surface area contributed by atoms with Gasteiger partial charge in [-0.05, 0) is 36.1 Å². The van der Waals surface area contributed by atoms with Crippen molar-refractivity contribution in [3.05, 3.63) is 59.9 Å². The van der Waals surface area contributed by atoms with Crippen LogP contribution in [-0.2, 0) is 6.42 Å². The molecule has 0 saturated carbocycles. The Kier molecular flexibility index (Phi) is 6.93. The number of ether oxygens (including phenoxy) is 1. The summed E-state index contributed by atoms with van der Waals surface area (Å²) in [6, 6.07) is 15.8. The number of hydrogen-bond acceptors (Lipinski definition) is 7. The smallest absolute Gasteiger partial charge is 0.321 e. The molecule has 4 rings (SSSR count). The number of carbonyl (C=O) groups excluding carboxylic acids is 1. The molecule has 0 atom stereocenters. The molecule has 1 fully saturated rings. The van der Waals surface area contributed by atoms with Crippen LogP contribution in [0, 0.1) is 0 Å². The van der Waals surface area contributed by atoms with Crippen molar-refractivity contribution in [1.29, 1.82) is 0 Å². The Bertz CT molecular complexity index is 1030. The van der Waals surface area contributed by atoms with Crippen molar-refractivity contribution in [2.75, 3.05) is 49.8 Å². The number of urea groups is 1. The molecule has 2 heterocycles. The first-order valence-corrected chi connectivity index (χ1v) is 12.1. The summed E-state index contributed by atoms with van der Waals surface area (Å²) < 4.78 is 9.81. The van der Waals surface area contributed by atoms with Gasteiger partial charge in [-0.2, -0.15) is 4.37 Å². The molecule has 2 amide bonds. The fraction of sp³-hybridized carbons (Fsp3) is 0.318. The van der Waals surface area contributed by atoms with Crippen LogP contribution >= 0.6 is 23.3 Å². The Morgan fingerprint density at radius 2 is 1.97 bits per heavy atom. The van der Waals surface area contributed by atoms with Gasteiger partial charge < -0.3 is 19.9 Å². The predicted molar refractivity (Wildman–Crippen MR) is 127 cm³/mol. The average molecular weight is 456 g/mol. The zero-order valence-corrected chi connectivity index (χ0v) is 19.2. The van der Waals surface area contributed by atoms with Gasteiger partial charge >= 0.3 is 6.03 Å². The van der Waals surface area contributed by atoms with E-state index in [1.54, 1.807) is 18.9 Å². The van der Waals surface area contributed by atoms with Gasteiger partial charge in [0.05, 0.1) is 12.8 Å². The lowest BCUT2D eigenvalue weighted by molar-refractivity contribution is 0.208. The van der Waals surface area contributed by atoms with Gasteiger partial charge in [0.15, 0.2) is 0 Å². The molecule has 0 bridgehead atoms.